The van der Waals surface area contributed by atoms with Crippen LogP contribution in [0.3, 0.4) is 0 Å². The lowest BCUT2D eigenvalue weighted by Gasteiger charge is -2.33. The van der Waals surface area contributed by atoms with E-state index in [0.29, 0.717) is 24.4 Å². The lowest BCUT2D eigenvalue weighted by Crippen LogP contribution is -2.48. The van der Waals surface area contributed by atoms with Gasteiger partial charge in [-0.1, -0.05) is 24.3 Å². The number of amides is 1. The Kier molecular flexibility index (Phi) is 5.06. The predicted octanol–water partition coefficient (Wildman–Crippen LogP) is 4.65. The molecule has 152 valence electrons. The molecule has 0 aliphatic carbocycles. The Bertz CT molecular complexity index is 1160. The average Bonchev–Trinajstić information content (AvgIpc) is 3.41. The van der Waals surface area contributed by atoms with E-state index < -0.39 is 0 Å². The number of para-hydroxylation sites is 1. The zero-order chi connectivity index (χ0) is 20.5. The minimum Gasteiger partial charge on any atom is -0.451 e. The van der Waals surface area contributed by atoms with Crippen LogP contribution in [0.2, 0.25) is 0 Å². The number of furan rings is 1. The summed E-state index contributed by atoms with van der Waals surface area (Å²) in [5.41, 5.74) is 1.40. The normalized spacial score (nSPS) is 15.0. The van der Waals surface area contributed by atoms with Gasteiger partial charge in [0.25, 0.3) is 5.91 Å². The molecule has 0 N–H and O–H groups in total. The number of hydrogen-bond donors (Lipinski definition) is 0. The predicted molar refractivity (Wildman–Crippen MR) is 115 cm³/mol. The number of halogens is 1. The first-order valence-corrected chi connectivity index (χ1v) is 10.7. The van der Waals surface area contributed by atoms with E-state index in [1.54, 1.807) is 46.6 Å². The van der Waals surface area contributed by atoms with Gasteiger partial charge in [0, 0.05) is 26.2 Å². The standard InChI is InChI=1S/C23H20FN3O2S/c24-17-6-2-1-5-16(17)19-9-10-20(29-19)23(28)27-13-11-26(12-14-27)15-22-25-18-7-3-4-8-21(18)30-22/h1-10H,11-15H2. The third kappa shape index (κ3) is 3.74. The van der Waals surface area contributed by atoms with E-state index in [0.717, 1.165) is 30.2 Å². The summed E-state index contributed by atoms with van der Waals surface area (Å²) in [6.07, 6.45) is 0. The van der Waals surface area contributed by atoms with Crippen molar-refractivity contribution in [2.24, 2.45) is 0 Å². The monoisotopic (exact) mass is 421 g/mol. The molecule has 0 unspecified atom stereocenters. The highest BCUT2D eigenvalue weighted by molar-refractivity contribution is 7.18. The number of thiazole rings is 1. The summed E-state index contributed by atoms with van der Waals surface area (Å²) in [4.78, 5) is 21.6. The Balaban J connectivity index is 1.21. The summed E-state index contributed by atoms with van der Waals surface area (Å²) in [5.74, 6) is 0.0883. The lowest BCUT2D eigenvalue weighted by atomic mass is 10.1. The van der Waals surface area contributed by atoms with Crippen molar-refractivity contribution in [3.63, 3.8) is 0 Å². The number of rotatable bonds is 4. The van der Waals surface area contributed by atoms with Crippen molar-refractivity contribution in [1.82, 2.24) is 14.8 Å². The van der Waals surface area contributed by atoms with Crippen LogP contribution < -0.4 is 0 Å². The van der Waals surface area contributed by atoms with Crippen LogP contribution >= 0.6 is 11.3 Å². The second kappa shape index (κ2) is 8.01. The molecular formula is C23H20FN3O2S. The van der Waals surface area contributed by atoms with Gasteiger partial charge in [0.1, 0.15) is 16.6 Å². The lowest BCUT2D eigenvalue weighted by molar-refractivity contribution is 0.0598. The molecule has 5 nitrogen and oxygen atoms in total. The average molecular weight is 421 g/mol. The molecule has 2 aromatic carbocycles. The number of benzene rings is 2. The number of fused-ring (bicyclic) bond motifs is 1. The van der Waals surface area contributed by atoms with Gasteiger partial charge in [-0.2, -0.15) is 0 Å². The second-order valence-electron chi connectivity index (χ2n) is 7.29. The third-order valence-electron chi connectivity index (χ3n) is 5.31. The molecule has 4 aromatic rings. The zero-order valence-electron chi connectivity index (χ0n) is 16.3. The molecule has 1 aliphatic heterocycles. The fraction of sp³-hybridized carbons (Fsp3) is 0.217. The molecule has 1 fully saturated rings. The number of hydrogen-bond acceptors (Lipinski definition) is 5. The van der Waals surface area contributed by atoms with Crippen molar-refractivity contribution in [3.05, 3.63) is 77.2 Å². The summed E-state index contributed by atoms with van der Waals surface area (Å²) >= 11 is 1.72. The van der Waals surface area contributed by atoms with E-state index in [1.807, 2.05) is 18.2 Å². The number of piperazine rings is 1. The Labute approximate surface area is 177 Å². The highest BCUT2D eigenvalue weighted by atomic mass is 32.1. The van der Waals surface area contributed by atoms with Gasteiger partial charge in [0.2, 0.25) is 0 Å². The van der Waals surface area contributed by atoms with Gasteiger partial charge >= 0.3 is 0 Å². The van der Waals surface area contributed by atoms with Crippen LogP contribution in [0.1, 0.15) is 15.6 Å². The molecule has 3 heterocycles. The smallest absolute Gasteiger partial charge is 0.289 e. The third-order valence-corrected chi connectivity index (χ3v) is 6.33. The molecule has 0 radical (unpaired) electrons. The van der Waals surface area contributed by atoms with Crippen LogP contribution in [0, 0.1) is 5.82 Å². The van der Waals surface area contributed by atoms with Crippen molar-refractivity contribution < 1.29 is 13.6 Å². The maximum Gasteiger partial charge on any atom is 0.289 e. The van der Waals surface area contributed by atoms with E-state index in [4.69, 9.17) is 9.40 Å². The van der Waals surface area contributed by atoms with Gasteiger partial charge in [0.15, 0.2) is 5.76 Å². The number of carbonyl (C=O) groups is 1. The summed E-state index contributed by atoms with van der Waals surface area (Å²) in [7, 11) is 0. The van der Waals surface area contributed by atoms with Crippen molar-refractivity contribution in [2.75, 3.05) is 26.2 Å². The first-order chi connectivity index (χ1) is 14.7. The molecule has 0 atom stereocenters. The quantitative estimate of drug-likeness (QED) is 0.481. The van der Waals surface area contributed by atoms with Crippen molar-refractivity contribution in [3.8, 4) is 11.3 Å². The maximum atomic E-state index is 14.0. The molecule has 1 saturated heterocycles. The van der Waals surface area contributed by atoms with E-state index >= 15 is 0 Å². The number of nitrogens with zero attached hydrogens (tertiary/aromatic N) is 3. The summed E-state index contributed by atoms with van der Waals surface area (Å²) in [5, 5.41) is 1.09. The van der Waals surface area contributed by atoms with Gasteiger partial charge in [-0.05, 0) is 36.4 Å². The Hall–Kier alpha value is -3.03. The molecule has 1 aliphatic rings. The topological polar surface area (TPSA) is 49.6 Å². The Morgan fingerprint density at radius 1 is 1.00 bits per heavy atom. The Morgan fingerprint density at radius 2 is 1.77 bits per heavy atom. The van der Waals surface area contributed by atoms with Crippen LogP contribution in [-0.4, -0.2) is 46.9 Å². The largest absolute Gasteiger partial charge is 0.451 e. The van der Waals surface area contributed by atoms with E-state index in [1.165, 1.54) is 10.8 Å². The first kappa shape index (κ1) is 19.0. The SMILES string of the molecule is O=C(c1ccc(-c2ccccc2F)o1)N1CCN(Cc2nc3ccccc3s2)CC1. The molecule has 7 heteroatoms. The van der Waals surface area contributed by atoms with Crippen LogP contribution in [0.25, 0.3) is 21.5 Å². The highest BCUT2D eigenvalue weighted by Crippen LogP contribution is 2.26. The van der Waals surface area contributed by atoms with Crippen LogP contribution in [0.15, 0.2) is 65.1 Å². The van der Waals surface area contributed by atoms with Gasteiger partial charge in [-0.15, -0.1) is 11.3 Å². The summed E-state index contributed by atoms with van der Waals surface area (Å²) < 4.78 is 20.8. The summed E-state index contributed by atoms with van der Waals surface area (Å²) in [6.45, 7) is 3.60. The van der Waals surface area contributed by atoms with Gasteiger partial charge < -0.3 is 9.32 Å². The maximum absolute atomic E-state index is 14.0. The Morgan fingerprint density at radius 3 is 2.57 bits per heavy atom. The molecule has 5 rings (SSSR count). The molecule has 2 aromatic heterocycles. The molecule has 30 heavy (non-hydrogen) atoms. The van der Waals surface area contributed by atoms with E-state index in [2.05, 4.69) is 11.0 Å². The highest BCUT2D eigenvalue weighted by Gasteiger charge is 2.25. The second-order valence-corrected chi connectivity index (χ2v) is 8.40. The molecule has 0 bridgehead atoms. The molecule has 0 saturated carbocycles. The fourth-order valence-electron chi connectivity index (χ4n) is 3.70. The van der Waals surface area contributed by atoms with Gasteiger partial charge in [-0.3, -0.25) is 9.69 Å². The molecular weight excluding hydrogens is 401 g/mol. The fourth-order valence-corrected chi connectivity index (χ4v) is 4.71. The minimum absolute atomic E-state index is 0.155. The molecule has 0 spiro atoms. The van der Waals surface area contributed by atoms with Gasteiger partial charge in [-0.25, -0.2) is 9.37 Å². The zero-order valence-corrected chi connectivity index (χ0v) is 17.1. The van der Waals surface area contributed by atoms with E-state index in [-0.39, 0.29) is 17.5 Å². The number of aromatic nitrogens is 1. The first-order valence-electron chi connectivity index (χ1n) is 9.88. The molecule has 1 amide bonds. The summed E-state index contributed by atoms with van der Waals surface area (Å²) in [6, 6.07) is 17.8. The number of carbonyl (C=O) groups excluding carboxylic acids is 1. The van der Waals surface area contributed by atoms with Crippen LogP contribution in [0.4, 0.5) is 4.39 Å². The van der Waals surface area contributed by atoms with Crippen LogP contribution in [-0.2, 0) is 6.54 Å². The minimum atomic E-state index is -0.366. The van der Waals surface area contributed by atoms with Crippen LogP contribution in [0.5, 0.6) is 0 Å². The van der Waals surface area contributed by atoms with Crippen molar-refractivity contribution in [1.29, 1.82) is 0 Å². The van der Waals surface area contributed by atoms with Gasteiger partial charge in [0.05, 0.1) is 22.3 Å². The van der Waals surface area contributed by atoms with E-state index in [9.17, 15) is 9.18 Å². The van der Waals surface area contributed by atoms with Crippen molar-refractivity contribution in [2.45, 2.75) is 6.54 Å². The van der Waals surface area contributed by atoms with Crippen molar-refractivity contribution >= 4 is 27.5 Å².